The van der Waals surface area contributed by atoms with Gasteiger partial charge in [0, 0.05) is 42.9 Å². The zero-order valence-electron chi connectivity index (χ0n) is 11.7. The maximum Gasteiger partial charge on any atom is 0.137 e. The first-order valence-corrected chi connectivity index (χ1v) is 6.80. The molecule has 19 heavy (non-hydrogen) atoms. The fourth-order valence-electron chi connectivity index (χ4n) is 3.02. The van der Waals surface area contributed by atoms with Crippen LogP contribution in [0.15, 0.2) is 24.5 Å². The number of H-pyrrole nitrogens is 1. The predicted molar refractivity (Wildman–Crippen MR) is 75.9 cm³/mol. The van der Waals surface area contributed by atoms with Crippen molar-refractivity contribution in [1.82, 2.24) is 15.3 Å². The molecule has 4 nitrogen and oxygen atoms in total. The summed E-state index contributed by atoms with van der Waals surface area (Å²) in [4.78, 5) is 7.53. The molecule has 0 aromatic carbocycles. The third-order valence-corrected chi connectivity index (χ3v) is 4.54. The van der Waals surface area contributed by atoms with Crippen LogP contribution in [0.3, 0.4) is 0 Å². The van der Waals surface area contributed by atoms with E-state index in [1.54, 1.807) is 7.11 Å². The second kappa shape index (κ2) is 4.62. The quantitative estimate of drug-likeness (QED) is 0.886. The van der Waals surface area contributed by atoms with Gasteiger partial charge in [-0.15, -0.1) is 0 Å². The monoisotopic (exact) mass is 259 g/mol. The van der Waals surface area contributed by atoms with E-state index in [1.165, 1.54) is 10.9 Å². The van der Waals surface area contributed by atoms with E-state index < -0.39 is 0 Å². The van der Waals surface area contributed by atoms with Crippen LogP contribution in [0.2, 0.25) is 0 Å². The lowest BCUT2D eigenvalue weighted by molar-refractivity contribution is -0.0978. The molecule has 0 radical (unpaired) electrons. The van der Waals surface area contributed by atoms with Crippen molar-refractivity contribution in [3.8, 4) is 0 Å². The Labute approximate surface area is 113 Å². The molecular weight excluding hydrogens is 238 g/mol. The topological polar surface area (TPSA) is 49.9 Å². The molecule has 1 fully saturated rings. The van der Waals surface area contributed by atoms with Gasteiger partial charge in [-0.1, -0.05) is 13.8 Å². The molecule has 2 heterocycles. The first kappa shape index (κ1) is 12.6. The molecule has 3 rings (SSSR count). The number of ether oxygens (including phenoxy) is 1. The number of hydrogen-bond donors (Lipinski definition) is 2. The maximum absolute atomic E-state index is 5.48. The van der Waals surface area contributed by atoms with Gasteiger partial charge >= 0.3 is 0 Å². The van der Waals surface area contributed by atoms with Crippen LogP contribution in [0.25, 0.3) is 11.0 Å². The Kier molecular flexibility index (Phi) is 3.07. The molecule has 1 aliphatic carbocycles. The van der Waals surface area contributed by atoms with Gasteiger partial charge in [0.25, 0.3) is 0 Å². The molecule has 0 bridgehead atoms. The molecule has 2 N–H and O–H groups in total. The van der Waals surface area contributed by atoms with Gasteiger partial charge in [0.2, 0.25) is 0 Å². The first-order chi connectivity index (χ1) is 9.13. The van der Waals surface area contributed by atoms with E-state index in [9.17, 15) is 0 Å². The zero-order valence-corrected chi connectivity index (χ0v) is 11.7. The van der Waals surface area contributed by atoms with Crippen LogP contribution >= 0.6 is 0 Å². The highest BCUT2D eigenvalue weighted by Crippen LogP contribution is 2.42. The van der Waals surface area contributed by atoms with Crippen LogP contribution in [-0.2, 0) is 11.3 Å². The van der Waals surface area contributed by atoms with Crippen molar-refractivity contribution in [2.75, 3.05) is 7.11 Å². The number of pyridine rings is 1. The number of nitrogens with zero attached hydrogens (tertiary/aromatic N) is 1. The number of methoxy groups -OCH3 is 1. The SMILES string of the molecule is COC1CC(NCc2c[nH]c3ncccc23)C1(C)C. The summed E-state index contributed by atoms with van der Waals surface area (Å²) in [5.41, 5.74) is 2.45. The summed E-state index contributed by atoms with van der Waals surface area (Å²) in [6.45, 7) is 5.40. The minimum Gasteiger partial charge on any atom is -0.381 e. The normalized spacial score (nSPS) is 25.4. The van der Waals surface area contributed by atoms with Gasteiger partial charge in [-0.25, -0.2) is 4.98 Å². The average molecular weight is 259 g/mol. The Hall–Kier alpha value is -1.39. The van der Waals surface area contributed by atoms with Gasteiger partial charge in [-0.3, -0.25) is 0 Å². The summed E-state index contributed by atoms with van der Waals surface area (Å²) in [6.07, 6.45) is 5.32. The minimum absolute atomic E-state index is 0.207. The molecule has 4 heteroatoms. The molecule has 0 aliphatic heterocycles. The Morgan fingerprint density at radius 1 is 1.53 bits per heavy atom. The summed E-state index contributed by atoms with van der Waals surface area (Å²) in [5, 5.41) is 4.84. The standard InChI is InChI=1S/C15H21N3O/c1-15(2)12(7-13(15)19-3)17-8-10-9-18-14-11(10)5-4-6-16-14/h4-6,9,12-13,17H,7-8H2,1-3H3,(H,16,18). The second-order valence-corrected chi connectivity index (χ2v) is 5.93. The van der Waals surface area contributed by atoms with Crippen LogP contribution in [0.5, 0.6) is 0 Å². The van der Waals surface area contributed by atoms with Crippen LogP contribution < -0.4 is 5.32 Å². The van der Waals surface area contributed by atoms with E-state index in [1.807, 2.05) is 18.5 Å². The number of nitrogens with one attached hydrogen (secondary N) is 2. The average Bonchev–Trinajstić information content (AvgIpc) is 2.81. The van der Waals surface area contributed by atoms with Gasteiger partial charge < -0.3 is 15.0 Å². The molecule has 2 unspecified atom stereocenters. The number of aromatic amines is 1. The van der Waals surface area contributed by atoms with Gasteiger partial charge in [-0.2, -0.15) is 0 Å². The van der Waals surface area contributed by atoms with Gasteiger partial charge in [0.15, 0.2) is 0 Å². The summed E-state index contributed by atoms with van der Waals surface area (Å²) < 4.78 is 5.48. The van der Waals surface area contributed by atoms with Crippen molar-refractivity contribution in [2.24, 2.45) is 5.41 Å². The molecule has 0 saturated heterocycles. The number of hydrogen-bond acceptors (Lipinski definition) is 3. The largest absolute Gasteiger partial charge is 0.381 e. The third-order valence-electron chi connectivity index (χ3n) is 4.54. The zero-order chi connectivity index (χ0) is 13.5. The van der Waals surface area contributed by atoms with E-state index >= 15 is 0 Å². The van der Waals surface area contributed by atoms with Crippen molar-refractivity contribution in [3.05, 3.63) is 30.1 Å². The summed E-state index contributed by atoms with van der Waals surface area (Å²) in [7, 11) is 1.80. The van der Waals surface area contributed by atoms with Gasteiger partial charge in [-0.05, 0) is 24.1 Å². The molecule has 1 saturated carbocycles. The molecule has 1 aliphatic rings. The minimum atomic E-state index is 0.207. The van der Waals surface area contributed by atoms with Crippen molar-refractivity contribution in [2.45, 2.75) is 39.0 Å². The third kappa shape index (κ3) is 2.05. The fraction of sp³-hybridized carbons (Fsp3) is 0.533. The van der Waals surface area contributed by atoms with E-state index in [-0.39, 0.29) is 5.41 Å². The summed E-state index contributed by atoms with van der Waals surface area (Å²) >= 11 is 0. The van der Waals surface area contributed by atoms with Crippen molar-refractivity contribution < 1.29 is 4.74 Å². The molecule has 2 aromatic heterocycles. The maximum atomic E-state index is 5.48. The lowest BCUT2D eigenvalue weighted by Gasteiger charge is -2.51. The van der Waals surface area contributed by atoms with Crippen LogP contribution in [-0.4, -0.2) is 29.2 Å². The second-order valence-electron chi connectivity index (χ2n) is 5.93. The van der Waals surface area contributed by atoms with Crippen molar-refractivity contribution in [3.63, 3.8) is 0 Å². The fourth-order valence-corrected chi connectivity index (χ4v) is 3.02. The number of aromatic nitrogens is 2. The van der Waals surface area contributed by atoms with Crippen LogP contribution in [0.4, 0.5) is 0 Å². The smallest absolute Gasteiger partial charge is 0.137 e. The molecule has 0 spiro atoms. The van der Waals surface area contributed by atoms with Crippen molar-refractivity contribution >= 4 is 11.0 Å². The molecule has 2 atom stereocenters. The summed E-state index contributed by atoms with van der Waals surface area (Å²) in [5.74, 6) is 0. The van der Waals surface area contributed by atoms with E-state index in [0.717, 1.165) is 18.6 Å². The highest BCUT2D eigenvalue weighted by molar-refractivity contribution is 5.79. The molecular formula is C15H21N3O. The van der Waals surface area contributed by atoms with Crippen LogP contribution in [0, 0.1) is 5.41 Å². The Balaban J connectivity index is 1.68. The highest BCUT2D eigenvalue weighted by Gasteiger charge is 2.48. The molecule has 2 aromatic rings. The van der Waals surface area contributed by atoms with Crippen LogP contribution in [0.1, 0.15) is 25.8 Å². The van der Waals surface area contributed by atoms with E-state index in [2.05, 4.69) is 35.2 Å². The number of rotatable bonds is 4. The summed E-state index contributed by atoms with van der Waals surface area (Å²) in [6, 6.07) is 4.60. The highest BCUT2D eigenvalue weighted by atomic mass is 16.5. The van der Waals surface area contributed by atoms with Gasteiger partial charge in [0.1, 0.15) is 5.65 Å². The molecule has 0 amide bonds. The van der Waals surface area contributed by atoms with E-state index in [0.29, 0.717) is 12.1 Å². The van der Waals surface area contributed by atoms with Gasteiger partial charge in [0.05, 0.1) is 6.10 Å². The first-order valence-electron chi connectivity index (χ1n) is 6.80. The Morgan fingerprint density at radius 3 is 3.11 bits per heavy atom. The number of fused-ring (bicyclic) bond motifs is 1. The lowest BCUT2D eigenvalue weighted by atomic mass is 9.64. The molecule has 102 valence electrons. The van der Waals surface area contributed by atoms with Crippen molar-refractivity contribution in [1.29, 1.82) is 0 Å². The Bertz CT molecular complexity index is 576. The predicted octanol–water partition coefficient (Wildman–Crippen LogP) is 2.47. The van der Waals surface area contributed by atoms with E-state index in [4.69, 9.17) is 4.74 Å². The Morgan fingerprint density at radius 2 is 2.37 bits per heavy atom. The lowest BCUT2D eigenvalue weighted by Crippen LogP contribution is -2.60.